The van der Waals surface area contributed by atoms with Crippen molar-refractivity contribution >= 4 is 27.9 Å². The maximum absolute atomic E-state index is 12.6. The van der Waals surface area contributed by atoms with Gasteiger partial charge in [0.15, 0.2) is 0 Å². The maximum Gasteiger partial charge on any atom is 0.324 e. The third-order valence-electron chi connectivity index (χ3n) is 3.44. The summed E-state index contributed by atoms with van der Waals surface area (Å²) in [6.07, 6.45) is 0.726. The van der Waals surface area contributed by atoms with Crippen molar-refractivity contribution in [2.45, 2.75) is 12.5 Å². The van der Waals surface area contributed by atoms with E-state index in [4.69, 9.17) is 5.73 Å². The highest BCUT2D eigenvalue weighted by molar-refractivity contribution is 7.13. The van der Waals surface area contributed by atoms with E-state index < -0.39 is 4.92 Å². The quantitative estimate of drug-likeness (QED) is 0.680. The van der Waals surface area contributed by atoms with Crippen LogP contribution in [0.3, 0.4) is 0 Å². The van der Waals surface area contributed by atoms with Crippen LogP contribution >= 0.6 is 11.3 Å². The van der Waals surface area contributed by atoms with Gasteiger partial charge >= 0.3 is 5.00 Å². The molecule has 1 aromatic heterocycles. The summed E-state index contributed by atoms with van der Waals surface area (Å²) in [6.45, 7) is 0.416. The third kappa shape index (κ3) is 2.53. The van der Waals surface area contributed by atoms with Gasteiger partial charge in [-0.25, -0.2) is 0 Å². The van der Waals surface area contributed by atoms with Crippen molar-refractivity contribution in [3.63, 3.8) is 0 Å². The number of nitrogens with two attached hydrogens (primary N) is 1. The summed E-state index contributed by atoms with van der Waals surface area (Å²) in [7, 11) is 0. The number of fused-ring (bicyclic) bond motifs is 1. The highest BCUT2D eigenvalue weighted by atomic mass is 32.1. The van der Waals surface area contributed by atoms with Gasteiger partial charge in [0.05, 0.1) is 10.5 Å². The number of para-hydroxylation sites is 1. The van der Waals surface area contributed by atoms with Crippen LogP contribution in [0.25, 0.3) is 0 Å². The second-order valence-corrected chi connectivity index (χ2v) is 5.83. The Bertz CT molecular complexity index is 713. The molecule has 21 heavy (non-hydrogen) atoms. The zero-order valence-corrected chi connectivity index (χ0v) is 11.9. The largest absolute Gasteiger partial charge is 0.326 e. The van der Waals surface area contributed by atoms with E-state index in [1.54, 1.807) is 4.90 Å². The van der Waals surface area contributed by atoms with E-state index in [0.29, 0.717) is 12.1 Å². The van der Waals surface area contributed by atoms with Crippen LogP contribution in [0.15, 0.2) is 35.7 Å². The maximum atomic E-state index is 12.6. The summed E-state index contributed by atoms with van der Waals surface area (Å²) in [4.78, 5) is 24.5. The zero-order valence-electron chi connectivity index (χ0n) is 11.1. The van der Waals surface area contributed by atoms with Crippen LogP contribution in [0.2, 0.25) is 0 Å². The molecule has 2 aromatic rings. The third-order valence-corrected chi connectivity index (χ3v) is 4.32. The number of thiophene rings is 1. The molecule has 0 fully saturated rings. The molecule has 7 heteroatoms. The first kappa shape index (κ1) is 13.7. The molecule has 1 amide bonds. The predicted molar refractivity (Wildman–Crippen MR) is 80.8 cm³/mol. The van der Waals surface area contributed by atoms with E-state index >= 15 is 0 Å². The fourth-order valence-corrected chi connectivity index (χ4v) is 3.21. The van der Waals surface area contributed by atoms with E-state index in [0.717, 1.165) is 29.0 Å². The Labute approximate surface area is 124 Å². The Morgan fingerprint density at radius 2 is 2.19 bits per heavy atom. The topological polar surface area (TPSA) is 89.5 Å². The lowest BCUT2D eigenvalue weighted by Crippen LogP contribution is -2.46. The first-order valence-electron chi connectivity index (χ1n) is 6.44. The van der Waals surface area contributed by atoms with E-state index in [1.807, 2.05) is 24.3 Å². The van der Waals surface area contributed by atoms with E-state index in [9.17, 15) is 14.9 Å². The summed E-state index contributed by atoms with van der Waals surface area (Å²) in [5.41, 5.74) is 8.19. The number of amides is 1. The summed E-state index contributed by atoms with van der Waals surface area (Å²) in [5, 5.41) is 12.2. The van der Waals surface area contributed by atoms with Crippen molar-refractivity contribution in [2.75, 3.05) is 11.4 Å². The second kappa shape index (κ2) is 5.27. The highest BCUT2D eigenvalue weighted by Crippen LogP contribution is 2.30. The lowest BCUT2D eigenvalue weighted by Gasteiger charge is -2.32. The molecule has 2 N–H and O–H groups in total. The van der Waals surface area contributed by atoms with Crippen LogP contribution in [-0.2, 0) is 6.42 Å². The number of carbonyl (C=O) groups excluding carboxylic acids is 1. The second-order valence-electron chi connectivity index (χ2n) is 4.94. The molecular weight excluding hydrogens is 290 g/mol. The standard InChI is InChI=1S/C14H13N3O3S/c15-11-5-9-3-1-2-4-12(9)16(7-11)14(18)10-6-13(17(19)20)21-8-10/h1-4,6,8,11H,5,7,15H2. The molecule has 0 saturated heterocycles. The summed E-state index contributed by atoms with van der Waals surface area (Å²) in [6, 6.07) is 8.79. The molecule has 0 aliphatic carbocycles. The number of nitro groups is 1. The molecule has 2 heterocycles. The van der Waals surface area contributed by atoms with Crippen LogP contribution in [0.1, 0.15) is 15.9 Å². The number of benzene rings is 1. The van der Waals surface area contributed by atoms with E-state index in [1.165, 1.54) is 11.4 Å². The van der Waals surface area contributed by atoms with E-state index in [-0.39, 0.29) is 17.0 Å². The van der Waals surface area contributed by atoms with Crippen LogP contribution in [0.4, 0.5) is 10.7 Å². The van der Waals surface area contributed by atoms with Gasteiger partial charge in [0.2, 0.25) is 0 Å². The smallest absolute Gasteiger partial charge is 0.324 e. The van der Waals surface area contributed by atoms with Crippen molar-refractivity contribution < 1.29 is 9.72 Å². The van der Waals surface area contributed by atoms with E-state index in [2.05, 4.69) is 0 Å². The SMILES string of the molecule is NC1Cc2ccccc2N(C(=O)c2csc([N+](=O)[O-])c2)C1. The van der Waals surface area contributed by atoms with Gasteiger partial charge in [-0.1, -0.05) is 29.5 Å². The Balaban J connectivity index is 1.95. The Morgan fingerprint density at radius 3 is 2.90 bits per heavy atom. The fraction of sp³-hybridized carbons (Fsp3) is 0.214. The molecule has 0 radical (unpaired) electrons. The van der Waals surface area contributed by atoms with Crippen LogP contribution in [0.5, 0.6) is 0 Å². The number of nitrogens with zero attached hydrogens (tertiary/aromatic N) is 2. The van der Waals surface area contributed by atoms with Crippen LogP contribution < -0.4 is 10.6 Å². The molecule has 1 aromatic carbocycles. The van der Waals surface area contributed by atoms with Crippen molar-refractivity contribution in [2.24, 2.45) is 5.73 Å². The number of hydrogen-bond acceptors (Lipinski definition) is 5. The van der Waals surface area contributed by atoms with Gasteiger partial charge < -0.3 is 10.6 Å². The zero-order chi connectivity index (χ0) is 15.0. The Kier molecular flexibility index (Phi) is 3.44. The summed E-state index contributed by atoms with van der Waals surface area (Å²) >= 11 is 0.954. The van der Waals surface area contributed by atoms with Gasteiger partial charge in [0.1, 0.15) is 0 Å². The van der Waals surface area contributed by atoms with Crippen molar-refractivity contribution in [3.05, 3.63) is 57.0 Å². The number of carbonyl (C=O) groups is 1. The van der Waals surface area contributed by atoms with Crippen LogP contribution in [-0.4, -0.2) is 23.4 Å². The van der Waals surface area contributed by atoms with Crippen LogP contribution in [0, 0.1) is 10.1 Å². The number of hydrogen-bond donors (Lipinski definition) is 1. The first-order chi connectivity index (χ1) is 10.1. The van der Waals surface area contributed by atoms with Gasteiger partial charge in [0, 0.05) is 29.7 Å². The molecule has 6 nitrogen and oxygen atoms in total. The monoisotopic (exact) mass is 303 g/mol. The van der Waals surface area contributed by atoms with Gasteiger partial charge in [-0.3, -0.25) is 14.9 Å². The normalized spacial score (nSPS) is 17.4. The van der Waals surface area contributed by atoms with Crippen molar-refractivity contribution in [3.8, 4) is 0 Å². The molecular formula is C14H13N3O3S. The minimum Gasteiger partial charge on any atom is -0.326 e. The van der Waals surface area contributed by atoms with Gasteiger partial charge in [-0.15, -0.1) is 0 Å². The molecule has 1 aliphatic heterocycles. The molecule has 0 saturated carbocycles. The highest BCUT2D eigenvalue weighted by Gasteiger charge is 2.28. The molecule has 1 aliphatic rings. The molecule has 0 spiro atoms. The lowest BCUT2D eigenvalue weighted by atomic mass is 9.98. The Morgan fingerprint density at radius 1 is 1.43 bits per heavy atom. The van der Waals surface area contributed by atoms with Crippen molar-refractivity contribution in [1.82, 2.24) is 0 Å². The van der Waals surface area contributed by atoms with Gasteiger partial charge in [0.25, 0.3) is 5.91 Å². The predicted octanol–water partition coefficient (Wildman–Crippen LogP) is 2.19. The fourth-order valence-electron chi connectivity index (χ4n) is 2.51. The number of anilines is 1. The molecule has 1 atom stereocenters. The molecule has 3 rings (SSSR count). The van der Waals surface area contributed by atoms with Gasteiger partial charge in [-0.05, 0) is 18.1 Å². The molecule has 108 valence electrons. The molecule has 0 bridgehead atoms. The summed E-state index contributed by atoms with van der Waals surface area (Å²) < 4.78 is 0. The average molecular weight is 303 g/mol. The van der Waals surface area contributed by atoms with Gasteiger partial charge in [-0.2, -0.15) is 0 Å². The minimum absolute atomic E-state index is 0.0343. The average Bonchev–Trinajstić information content (AvgIpc) is 2.95. The lowest BCUT2D eigenvalue weighted by molar-refractivity contribution is -0.380. The first-order valence-corrected chi connectivity index (χ1v) is 7.32. The minimum atomic E-state index is -0.489. The van der Waals surface area contributed by atoms with Crippen molar-refractivity contribution in [1.29, 1.82) is 0 Å². The molecule has 1 unspecified atom stereocenters. The Hall–Kier alpha value is -2.25. The number of rotatable bonds is 2. The summed E-state index contributed by atoms with van der Waals surface area (Å²) in [5.74, 6) is -0.248.